The summed E-state index contributed by atoms with van der Waals surface area (Å²) in [5, 5.41) is 0. The summed E-state index contributed by atoms with van der Waals surface area (Å²) in [6.45, 7) is 4.15. The average molecular weight is 210 g/mol. The van der Waals surface area contributed by atoms with E-state index in [1.165, 1.54) is 6.08 Å². The molecule has 0 aromatic rings. The third-order valence-corrected chi connectivity index (χ3v) is 2.11. The Hall–Kier alpha value is -1.00. The van der Waals surface area contributed by atoms with Crippen LogP contribution in [-0.4, -0.2) is 19.3 Å². The van der Waals surface area contributed by atoms with E-state index >= 15 is 0 Å². The Bertz CT molecular complexity index is 223. The number of hydrogen-bond donors (Lipinski definition) is 0. The van der Waals surface area contributed by atoms with Crippen molar-refractivity contribution in [3.8, 4) is 0 Å². The van der Waals surface area contributed by atoms with Gasteiger partial charge in [-0.25, -0.2) is 0 Å². The van der Waals surface area contributed by atoms with Crippen molar-refractivity contribution >= 4 is 5.97 Å². The van der Waals surface area contributed by atoms with Crippen LogP contribution >= 0.6 is 0 Å². The molecule has 0 saturated heterocycles. The molecule has 0 fully saturated rings. The standard InChI is InChI=1S/C9H13F3O2/c1-4-5-6-8(2,7(13)14-3)9(10,11)12/h4H,1,5-6H2,2-3H3. The number of methoxy groups -OCH3 is 1. The number of carbonyl (C=O) groups is 1. The quantitative estimate of drug-likeness (QED) is 0.526. The predicted octanol–water partition coefficient (Wildman–Crippen LogP) is 2.69. The molecule has 2 nitrogen and oxygen atoms in total. The Morgan fingerprint density at radius 1 is 1.50 bits per heavy atom. The molecule has 0 rings (SSSR count). The third-order valence-electron chi connectivity index (χ3n) is 2.11. The lowest BCUT2D eigenvalue weighted by Gasteiger charge is -2.28. The van der Waals surface area contributed by atoms with Crippen LogP contribution in [0.25, 0.3) is 0 Å². The lowest BCUT2D eigenvalue weighted by atomic mass is 9.84. The second-order valence-electron chi connectivity index (χ2n) is 3.15. The topological polar surface area (TPSA) is 26.3 Å². The number of alkyl halides is 3. The lowest BCUT2D eigenvalue weighted by Crippen LogP contribution is -2.43. The fourth-order valence-electron chi connectivity index (χ4n) is 0.976. The summed E-state index contributed by atoms with van der Waals surface area (Å²) in [7, 11) is 0.945. The van der Waals surface area contributed by atoms with E-state index in [4.69, 9.17) is 0 Å². The summed E-state index contributed by atoms with van der Waals surface area (Å²) in [6, 6.07) is 0. The van der Waals surface area contributed by atoms with Gasteiger partial charge in [-0.3, -0.25) is 4.79 Å². The monoisotopic (exact) mass is 210 g/mol. The largest absolute Gasteiger partial charge is 0.468 e. The maximum absolute atomic E-state index is 12.5. The van der Waals surface area contributed by atoms with E-state index in [-0.39, 0.29) is 12.8 Å². The first kappa shape index (κ1) is 13.0. The zero-order valence-corrected chi connectivity index (χ0v) is 8.15. The highest BCUT2D eigenvalue weighted by Gasteiger charge is 2.56. The third kappa shape index (κ3) is 2.49. The molecule has 0 heterocycles. The van der Waals surface area contributed by atoms with Crippen LogP contribution < -0.4 is 0 Å². The fourth-order valence-corrected chi connectivity index (χ4v) is 0.976. The Kier molecular flexibility index (Phi) is 4.16. The van der Waals surface area contributed by atoms with Gasteiger partial charge in [0, 0.05) is 0 Å². The van der Waals surface area contributed by atoms with Gasteiger partial charge in [-0.15, -0.1) is 6.58 Å². The van der Waals surface area contributed by atoms with Crippen LogP contribution in [0.1, 0.15) is 19.8 Å². The molecule has 0 bridgehead atoms. The maximum Gasteiger partial charge on any atom is 0.404 e. The van der Waals surface area contributed by atoms with E-state index < -0.39 is 17.6 Å². The highest BCUT2D eigenvalue weighted by Crippen LogP contribution is 2.42. The van der Waals surface area contributed by atoms with Gasteiger partial charge in [-0.1, -0.05) is 6.08 Å². The molecule has 0 amide bonds. The number of esters is 1. The smallest absolute Gasteiger partial charge is 0.404 e. The summed E-state index contributed by atoms with van der Waals surface area (Å²) < 4.78 is 41.7. The van der Waals surface area contributed by atoms with Gasteiger partial charge >= 0.3 is 12.1 Å². The summed E-state index contributed by atoms with van der Waals surface area (Å²) in [6.07, 6.45) is -3.48. The van der Waals surface area contributed by atoms with Crippen LogP contribution in [0.15, 0.2) is 12.7 Å². The lowest BCUT2D eigenvalue weighted by molar-refractivity contribution is -0.229. The zero-order valence-electron chi connectivity index (χ0n) is 8.15. The summed E-state index contributed by atoms with van der Waals surface area (Å²) in [5.74, 6) is -1.26. The first-order valence-electron chi connectivity index (χ1n) is 4.05. The number of hydrogen-bond acceptors (Lipinski definition) is 2. The number of allylic oxidation sites excluding steroid dienone is 1. The van der Waals surface area contributed by atoms with Crippen molar-refractivity contribution < 1.29 is 22.7 Å². The number of rotatable bonds is 4. The van der Waals surface area contributed by atoms with E-state index in [0.29, 0.717) is 0 Å². The van der Waals surface area contributed by atoms with Crippen LogP contribution in [-0.2, 0) is 9.53 Å². The molecule has 5 heteroatoms. The van der Waals surface area contributed by atoms with Crippen molar-refractivity contribution in [2.24, 2.45) is 5.41 Å². The average Bonchev–Trinajstić information content (AvgIpc) is 2.10. The molecular weight excluding hydrogens is 197 g/mol. The summed E-state index contributed by atoms with van der Waals surface area (Å²) in [4.78, 5) is 11.0. The molecule has 0 radical (unpaired) electrons. The minimum absolute atomic E-state index is 0.116. The van der Waals surface area contributed by atoms with Crippen LogP contribution in [0.5, 0.6) is 0 Å². The fraction of sp³-hybridized carbons (Fsp3) is 0.667. The minimum Gasteiger partial charge on any atom is -0.468 e. The maximum atomic E-state index is 12.5. The molecule has 1 unspecified atom stereocenters. The predicted molar refractivity (Wildman–Crippen MR) is 45.6 cm³/mol. The Labute approximate surface area is 80.7 Å². The van der Waals surface area contributed by atoms with Gasteiger partial charge in [0.05, 0.1) is 7.11 Å². The molecule has 1 atom stereocenters. The van der Waals surface area contributed by atoms with Crippen molar-refractivity contribution in [3.63, 3.8) is 0 Å². The number of ether oxygens (including phenoxy) is 1. The van der Waals surface area contributed by atoms with Gasteiger partial charge in [-0.2, -0.15) is 13.2 Å². The molecule has 0 aliphatic heterocycles. The molecule has 82 valence electrons. The van der Waals surface area contributed by atoms with Crippen molar-refractivity contribution in [3.05, 3.63) is 12.7 Å². The molecule has 14 heavy (non-hydrogen) atoms. The van der Waals surface area contributed by atoms with Crippen LogP contribution in [0.2, 0.25) is 0 Å². The van der Waals surface area contributed by atoms with E-state index in [1.807, 2.05) is 0 Å². The van der Waals surface area contributed by atoms with Crippen LogP contribution in [0.4, 0.5) is 13.2 Å². The molecule has 0 aliphatic rings. The molecular formula is C9H13F3O2. The van der Waals surface area contributed by atoms with E-state index in [1.54, 1.807) is 0 Å². The Balaban J connectivity index is 4.85. The Morgan fingerprint density at radius 2 is 2.00 bits per heavy atom. The van der Waals surface area contributed by atoms with Gasteiger partial charge in [-0.05, 0) is 19.8 Å². The molecule has 0 spiro atoms. The van der Waals surface area contributed by atoms with Crippen molar-refractivity contribution in [2.75, 3.05) is 7.11 Å². The van der Waals surface area contributed by atoms with Gasteiger partial charge in [0.2, 0.25) is 0 Å². The van der Waals surface area contributed by atoms with Crippen molar-refractivity contribution in [1.29, 1.82) is 0 Å². The van der Waals surface area contributed by atoms with Gasteiger partial charge < -0.3 is 4.74 Å². The highest BCUT2D eigenvalue weighted by atomic mass is 19.4. The molecule has 0 aromatic heterocycles. The van der Waals surface area contributed by atoms with Gasteiger partial charge in [0.25, 0.3) is 0 Å². The van der Waals surface area contributed by atoms with Crippen LogP contribution in [0, 0.1) is 5.41 Å². The van der Waals surface area contributed by atoms with Crippen LogP contribution in [0.3, 0.4) is 0 Å². The van der Waals surface area contributed by atoms with Crippen molar-refractivity contribution in [1.82, 2.24) is 0 Å². The zero-order chi connectivity index (χ0) is 11.4. The van der Waals surface area contributed by atoms with Gasteiger partial charge in [0.1, 0.15) is 0 Å². The van der Waals surface area contributed by atoms with Gasteiger partial charge in [0.15, 0.2) is 5.41 Å². The van der Waals surface area contributed by atoms with Crippen molar-refractivity contribution in [2.45, 2.75) is 25.9 Å². The molecule has 0 aliphatic carbocycles. The SMILES string of the molecule is C=CCCC(C)(C(=O)OC)C(F)(F)F. The summed E-state index contributed by atoms with van der Waals surface area (Å²) >= 11 is 0. The molecule has 0 aromatic carbocycles. The number of carbonyl (C=O) groups excluding carboxylic acids is 1. The summed E-state index contributed by atoms with van der Waals surface area (Å²) in [5.41, 5.74) is -2.43. The second-order valence-corrected chi connectivity index (χ2v) is 3.15. The normalized spacial score (nSPS) is 15.8. The number of halogens is 3. The van der Waals surface area contributed by atoms with E-state index in [9.17, 15) is 18.0 Å². The van der Waals surface area contributed by atoms with E-state index in [2.05, 4.69) is 11.3 Å². The molecule has 0 N–H and O–H groups in total. The minimum atomic E-state index is -4.59. The van der Waals surface area contributed by atoms with E-state index in [0.717, 1.165) is 14.0 Å². The first-order valence-corrected chi connectivity index (χ1v) is 4.05. The Morgan fingerprint density at radius 3 is 2.29 bits per heavy atom. The second kappa shape index (κ2) is 4.48. The molecule has 0 saturated carbocycles. The first-order chi connectivity index (χ1) is 6.29. The highest BCUT2D eigenvalue weighted by molar-refractivity contribution is 5.77.